The molecule has 1 aliphatic rings. The topological polar surface area (TPSA) is 52.0 Å². The molecule has 0 saturated heterocycles. The normalized spacial score (nSPS) is 15.8. The van der Waals surface area contributed by atoms with Crippen LogP contribution in [0.4, 0.5) is 4.39 Å². The number of rotatable bonds is 5. The average Bonchev–Trinajstić information content (AvgIpc) is 3.22. The maximum absolute atomic E-state index is 13.2. The number of para-hydroxylation sites is 1. The van der Waals surface area contributed by atoms with Crippen molar-refractivity contribution in [1.29, 1.82) is 0 Å². The minimum Gasteiger partial charge on any atom is -0.293 e. The van der Waals surface area contributed by atoms with Gasteiger partial charge in [0.15, 0.2) is 10.9 Å². The maximum Gasteiger partial charge on any atom is 0.262 e. The smallest absolute Gasteiger partial charge is 0.262 e. The van der Waals surface area contributed by atoms with Crippen molar-refractivity contribution in [2.45, 2.75) is 49.1 Å². The van der Waals surface area contributed by atoms with Crippen LogP contribution in [0, 0.1) is 5.82 Å². The third-order valence-corrected chi connectivity index (χ3v) is 6.31. The van der Waals surface area contributed by atoms with E-state index in [2.05, 4.69) is 0 Å². The Morgan fingerprint density at radius 1 is 1.14 bits per heavy atom. The first-order chi connectivity index (χ1) is 13.5. The zero-order valence-electron chi connectivity index (χ0n) is 15.6. The highest BCUT2D eigenvalue weighted by Gasteiger charge is 2.26. The standard InChI is InChI=1S/C22H21FN2O2S/c1-14(20(26)15-10-12-16(23)13-11-15)28-22-24-19-9-5-4-8-18(19)21(27)25(22)17-6-2-3-7-17/h4-5,8-14,17H,2-3,6-7H2,1H3/t14-/m0/s1. The van der Waals surface area contributed by atoms with Crippen LogP contribution in [0.25, 0.3) is 10.9 Å². The Hall–Kier alpha value is -2.47. The van der Waals surface area contributed by atoms with Crippen molar-refractivity contribution in [3.05, 3.63) is 70.3 Å². The zero-order valence-corrected chi connectivity index (χ0v) is 16.4. The van der Waals surface area contributed by atoms with Gasteiger partial charge in [0, 0.05) is 11.6 Å². The lowest BCUT2D eigenvalue weighted by atomic mass is 10.1. The van der Waals surface area contributed by atoms with E-state index in [4.69, 9.17) is 4.98 Å². The predicted molar refractivity (Wildman–Crippen MR) is 110 cm³/mol. The maximum atomic E-state index is 13.2. The van der Waals surface area contributed by atoms with Gasteiger partial charge in [-0.15, -0.1) is 0 Å². The quantitative estimate of drug-likeness (QED) is 0.345. The summed E-state index contributed by atoms with van der Waals surface area (Å²) < 4.78 is 14.9. The number of fused-ring (bicyclic) bond motifs is 1. The number of thioether (sulfide) groups is 1. The van der Waals surface area contributed by atoms with Crippen molar-refractivity contribution in [1.82, 2.24) is 9.55 Å². The van der Waals surface area contributed by atoms with Crippen LogP contribution in [-0.2, 0) is 0 Å². The summed E-state index contributed by atoms with van der Waals surface area (Å²) in [5, 5.41) is 0.751. The van der Waals surface area contributed by atoms with E-state index in [9.17, 15) is 14.0 Å². The number of nitrogens with zero attached hydrogens (tertiary/aromatic N) is 2. The van der Waals surface area contributed by atoms with Gasteiger partial charge >= 0.3 is 0 Å². The Balaban J connectivity index is 1.72. The molecule has 4 nitrogen and oxygen atoms in total. The molecule has 6 heteroatoms. The van der Waals surface area contributed by atoms with Crippen LogP contribution in [0.15, 0.2) is 58.5 Å². The van der Waals surface area contributed by atoms with Gasteiger partial charge in [0.2, 0.25) is 0 Å². The van der Waals surface area contributed by atoms with E-state index in [-0.39, 0.29) is 23.2 Å². The Bertz CT molecular complexity index is 1070. The number of carbonyl (C=O) groups is 1. The molecular formula is C22H21FN2O2S. The van der Waals surface area contributed by atoms with Crippen molar-refractivity contribution < 1.29 is 9.18 Å². The van der Waals surface area contributed by atoms with Gasteiger partial charge in [0.05, 0.1) is 16.2 Å². The van der Waals surface area contributed by atoms with Crippen molar-refractivity contribution in [2.75, 3.05) is 0 Å². The number of hydrogen-bond acceptors (Lipinski definition) is 4. The molecular weight excluding hydrogens is 375 g/mol. The molecule has 1 aromatic heterocycles. The van der Waals surface area contributed by atoms with Crippen LogP contribution in [0.5, 0.6) is 0 Å². The summed E-state index contributed by atoms with van der Waals surface area (Å²) in [7, 11) is 0. The van der Waals surface area contributed by atoms with Gasteiger partial charge in [-0.2, -0.15) is 0 Å². The summed E-state index contributed by atoms with van der Waals surface area (Å²) in [4.78, 5) is 30.7. The number of carbonyl (C=O) groups excluding carboxylic acids is 1. The van der Waals surface area contributed by atoms with Crippen LogP contribution < -0.4 is 5.56 Å². The van der Waals surface area contributed by atoms with E-state index in [0.29, 0.717) is 21.6 Å². The molecule has 3 aromatic rings. The molecule has 0 radical (unpaired) electrons. The predicted octanol–water partition coefficient (Wildman–Crippen LogP) is 5.01. The molecule has 144 valence electrons. The summed E-state index contributed by atoms with van der Waals surface area (Å²) in [6.07, 6.45) is 4.10. The number of Topliss-reactive ketones (excluding diaryl/α,β-unsaturated/α-hetero) is 1. The molecule has 1 heterocycles. The van der Waals surface area contributed by atoms with E-state index in [1.54, 1.807) is 17.6 Å². The Labute approximate surface area is 166 Å². The largest absolute Gasteiger partial charge is 0.293 e. The van der Waals surface area contributed by atoms with Gasteiger partial charge in [-0.25, -0.2) is 9.37 Å². The second-order valence-electron chi connectivity index (χ2n) is 7.16. The molecule has 0 amide bonds. The number of halogens is 1. The van der Waals surface area contributed by atoms with Gasteiger partial charge in [-0.1, -0.05) is 36.7 Å². The van der Waals surface area contributed by atoms with Crippen LogP contribution in [0.1, 0.15) is 49.0 Å². The van der Waals surface area contributed by atoms with E-state index in [0.717, 1.165) is 25.7 Å². The van der Waals surface area contributed by atoms with Crippen LogP contribution >= 0.6 is 11.8 Å². The van der Waals surface area contributed by atoms with E-state index < -0.39 is 5.25 Å². The van der Waals surface area contributed by atoms with Gasteiger partial charge in [0.1, 0.15) is 5.82 Å². The van der Waals surface area contributed by atoms with Crippen molar-refractivity contribution in [2.24, 2.45) is 0 Å². The molecule has 0 N–H and O–H groups in total. The van der Waals surface area contributed by atoms with Gasteiger partial charge in [0.25, 0.3) is 5.56 Å². The summed E-state index contributed by atoms with van der Waals surface area (Å²) in [5.41, 5.74) is 1.06. The molecule has 0 unspecified atom stereocenters. The zero-order chi connectivity index (χ0) is 19.7. The lowest BCUT2D eigenvalue weighted by Gasteiger charge is -2.20. The minimum absolute atomic E-state index is 0.0403. The Morgan fingerprint density at radius 3 is 2.54 bits per heavy atom. The van der Waals surface area contributed by atoms with E-state index >= 15 is 0 Å². The highest BCUT2D eigenvalue weighted by molar-refractivity contribution is 8.00. The number of hydrogen-bond donors (Lipinski definition) is 0. The summed E-state index contributed by atoms with van der Waals surface area (Å²) in [5.74, 6) is -0.478. The van der Waals surface area contributed by atoms with Gasteiger partial charge in [-0.3, -0.25) is 14.2 Å². The lowest BCUT2D eigenvalue weighted by molar-refractivity contribution is 0.0993. The Kier molecular flexibility index (Phi) is 5.31. The second kappa shape index (κ2) is 7.87. The fraction of sp³-hybridized carbons (Fsp3) is 0.318. The van der Waals surface area contributed by atoms with Crippen molar-refractivity contribution in [3.8, 4) is 0 Å². The summed E-state index contributed by atoms with van der Waals surface area (Å²) in [6, 6.07) is 13.0. The third-order valence-electron chi connectivity index (χ3n) is 5.25. The number of ketones is 1. The van der Waals surface area contributed by atoms with Crippen LogP contribution in [0.3, 0.4) is 0 Å². The minimum atomic E-state index is -0.439. The molecule has 2 aromatic carbocycles. The van der Waals surface area contributed by atoms with Crippen LogP contribution in [0.2, 0.25) is 0 Å². The monoisotopic (exact) mass is 396 g/mol. The van der Waals surface area contributed by atoms with E-state index in [1.165, 1.54) is 36.0 Å². The van der Waals surface area contributed by atoms with Crippen molar-refractivity contribution >= 4 is 28.4 Å². The first kappa shape index (κ1) is 18.9. The van der Waals surface area contributed by atoms with Gasteiger partial charge < -0.3 is 0 Å². The van der Waals surface area contributed by atoms with Crippen molar-refractivity contribution in [3.63, 3.8) is 0 Å². The highest BCUT2D eigenvalue weighted by Crippen LogP contribution is 2.33. The first-order valence-electron chi connectivity index (χ1n) is 9.52. The number of aromatic nitrogens is 2. The Morgan fingerprint density at radius 2 is 1.82 bits per heavy atom. The molecule has 1 fully saturated rings. The molecule has 0 bridgehead atoms. The molecule has 1 saturated carbocycles. The summed E-state index contributed by atoms with van der Waals surface area (Å²) >= 11 is 1.30. The summed E-state index contributed by atoms with van der Waals surface area (Å²) in [6.45, 7) is 1.80. The SMILES string of the molecule is C[C@H](Sc1nc2ccccc2c(=O)n1C1CCCC1)C(=O)c1ccc(F)cc1. The third kappa shape index (κ3) is 3.61. The molecule has 0 aliphatic heterocycles. The second-order valence-corrected chi connectivity index (χ2v) is 8.46. The molecule has 4 rings (SSSR count). The fourth-order valence-electron chi connectivity index (χ4n) is 3.75. The van der Waals surface area contributed by atoms with Gasteiger partial charge in [-0.05, 0) is 56.2 Å². The van der Waals surface area contributed by atoms with E-state index in [1.807, 2.05) is 18.2 Å². The average molecular weight is 396 g/mol. The molecule has 1 atom stereocenters. The molecule has 0 spiro atoms. The van der Waals surface area contributed by atoms with Crippen LogP contribution in [-0.4, -0.2) is 20.6 Å². The molecule has 28 heavy (non-hydrogen) atoms. The number of benzene rings is 2. The highest BCUT2D eigenvalue weighted by atomic mass is 32.2. The molecule has 1 aliphatic carbocycles. The first-order valence-corrected chi connectivity index (χ1v) is 10.4. The fourth-order valence-corrected chi connectivity index (χ4v) is 4.81. The lowest BCUT2D eigenvalue weighted by Crippen LogP contribution is -2.27.